The normalized spacial score (nSPS) is 17.2. The molecule has 1 amide bonds. The highest BCUT2D eigenvalue weighted by molar-refractivity contribution is 5.75. The number of fused-ring (bicyclic) bond motifs is 1. The van der Waals surface area contributed by atoms with Crippen LogP contribution in [0.15, 0.2) is 29.3 Å². The largest absolute Gasteiger partial charge is 0.349 e. The first-order valence-electron chi connectivity index (χ1n) is 8.30. The zero-order valence-electron chi connectivity index (χ0n) is 14.2. The molecule has 3 rings (SSSR count). The highest BCUT2D eigenvalue weighted by Crippen LogP contribution is 2.21. The van der Waals surface area contributed by atoms with Gasteiger partial charge in [-0.2, -0.15) is 5.10 Å². The Morgan fingerprint density at radius 3 is 2.92 bits per heavy atom. The van der Waals surface area contributed by atoms with Gasteiger partial charge in [-0.05, 0) is 30.4 Å². The van der Waals surface area contributed by atoms with Gasteiger partial charge in [-0.15, -0.1) is 0 Å². The van der Waals surface area contributed by atoms with E-state index in [2.05, 4.69) is 10.1 Å². The average molecular weight is 329 g/mol. The fourth-order valence-corrected chi connectivity index (χ4v) is 3.09. The standard InChI is InChI=1S/C17H23N5O2/c1-20(2)16(23)10-13-5-6-15-19-22(17(24)21(15)9-7-13)12-14-4-3-8-18-11-14/h3-4,8,11,13H,5-7,9-10,12H2,1-2H3/t13-/m0/s1. The third kappa shape index (κ3) is 3.55. The van der Waals surface area contributed by atoms with Crippen LogP contribution in [0.4, 0.5) is 0 Å². The van der Waals surface area contributed by atoms with E-state index >= 15 is 0 Å². The van der Waals surface area contributed by atoms with Gasteiger partial charge in [-0.1, -0.05) is 6.07 Å². The van der Waals surface area contributed by atoms with E-state index in [1.54, 1.807) is 36.0 Å². The first-order valence-corrected chi connectivity index (χ1v) is 8.30. The Bertz CT molecular complexity index is 763. The predicted molar refractivity (Wildman–Crippen MR) is 89.6 cm³/mol. The third-order valence-corrected chi connectivity index (χ3v) is 4.55. The molecular weight excluding hydrogens is 306 g/mol. The fraction of sp³-hybridized carbons (Fsp3) is 0.529. The Balaban J connectivity index is 1.71. The highest BCUT2D eigenvalue weighted by atomic mass is 16.2. The van der Waals surface area contributed by atoms with Gasteiger partial charge in [0.05, 0.1) is 6.54 Å². The van der Waals surface area contributed by atoms with Crippen LogP contribution in [0, 0.1) is 5.92 Å². The van der Waals surface area contributed by atoms with Crippen LogP contribution in [0.5, 0.6) is 0 Å². The SMILES string of the molecule is CN(C)C(=O)C[C@H]1CCc2nn(Cc3cccnc3)c(=O)n2CC1. The Hall–Kier alpha value is -2.44. The van der Waals surface area contributed by atoms with Crippen LogP contribution < -0.4 is 5.69 Å². The van der Waals surface area contributed by atoms with Crippen molar-refractivity contribution in [2.24, 2.45) is 5.92 Å². The molecule has 1 aliphatic rings. The molecule has 3 heterocycles. The molecule has 0 bridgehead atoms. The van der Waals surface area contributed by atoms with Crippen LogP contribution >= 0.6 is 0 Å². The molecule has 7 nitrogen and oxygen atoms in total. The Kier molecular flexibility index (Phi) is 4.78. The summed E-state index contributed by atoms with van der Waals surface area (Å²) >= 11 is 0. The van der Waals surface area contributed by atoms with E-state index in [0.29, 0.717) is 25.4 Å². The van der Waals surface area contributed by atoms with Gasteiger partial charge in [0.25, 0.3) is 0 Å². The number of aryl methyl sites for hydroxylation is 1. The number of nitrogens with zero attached hydrogens (tertiary/aromatic N) is 5. The van der Waals surface area contributed by atoms with Crippen LogP contribution in [0.1, 0.15) is 30.7 Å². The van der Waals surface area contributed by atoms with Crippen LogP contribution in [-0.2, 0) is 24.3 Å². The zero-order valence-corrected chi connectivity index (χ0v) is 14.2. The van der Waals surface area contributed by atoms with Gasteiger partial charge in [-0.25, -0.2) is 9.48 Å². The van der Waals surface area contributed by atoms with Crippen molar-refractivity contribution in [3.63, 3.8) is 0 Å². The lowest BCUT2D eigenvalue weighted by molar-refractivity contribution is -0.129. The molecule has 128 valence electrons. The molecule has 0 aliphatic carbocycles. The monoisotopic (exact) mass is 329 g/mol. The van der Waals surface area contributed by atoms with Crippen molar-refractivity contribution in [3.05, 3.63) is 46.4 Å². The molecule has 2 aromatic rings. The predicted octanol–water partition coefficient (Wildman–Crippen LogP) is 0.919. The Morgan fingerprint density at radius 2 is 2.21 bits per heavy atom. The molecular formula is C17H23N5O2. The van der Waals surface area contributed by atoms with Crippen LogP contribution in [0.2, 0.25) is 0 Å². The second kappa shape index (κ2) is 6.98. The number of pyridine rings is 1. The van der Waals surface area contributed by atoms with Crippen molar-refractivity contribution in [2.75, 3.05) is 14.1 Å². The zero-order chi connectivity index (χ0) is 17.1. The molecule has 0 unspecified atom stereocenters. The maximum atomic E-state index is 12.6. The molecule has 0 radical (unpaired) electrons. The van der Waals surface area contributed by atoms with Gasteiger partial charge in [0, 0.05) is 45.9 Å². The molecule has 0 saturated heterocycles. The summed E-state index contributed by atoms with van der Waals surface area (Å²) in [4.78, 5) is 30.2. The number of aromatic nitrogens is 4. The summed E-state index contributed by atoms with van der Waals surface area (Å²) in [5.41, 5.74) is 0.885. The maximum absolute atomic E-state index is 12.6. The van der Waals surface area contributed by atoms with Crippen LogP contribution in [0.3, 0.4) is 0 Å². The molecule has 0 aromatic carbocycles. The van der Waals surface area contributed by atoms with Gasteiger partial charge < -0.3 is 4.90 Å². The minimum atomic E-state index is -0.0755. The molecule has 0 fully saturated rings. The summed E-state index contributed by atoms with van der Waals surface area (Å²) < 4.78 is 3.27. The summed E-state index contributed by atoms with van der Waals surface area (Å²) in [7, 11) is 3.56. The minimum absolute atomic E-state index is 0.0755. The lowest BCUT2D eigenvalue weighted by Gasteiger charge is -2.16. The Labute approximate surface area is 140 Å². The molecule has 2 aromatic heterocycles. The van der Waals surface area contributed by atoms with Gasteiger partial charge in [0.1, 0.15) is 5.82 Å². The summed E-state index contributed by atoms with van der Waals surface area (Å²) in [5, 5.41) is 4.50. The lowest BCUT2D eigenvalue weighted by atomic mass is 9.96. The lowest BCUT2D eigenvalue weighted by Crippen LogP contribution is -2.27. The second-order valence-electron chi connectivity index (χ2n) is 6.56. The second-order valence-corrected chi connectivity index (χ2v) is 6.56. The smallest absolute Gasteiger partial charge is 0.346 e. The van der Waals surface area contributed by atoms with Crippen molar-refractivity contribution in [3.8, 4) is 0 Å². The van der Waals surface area contributed by atoms with E-state index < -0.39 is 0 Å². The van der Waals surface area contributed by atoms with Crippen molar-refractivity contribution >= 4 is 5.91 Å². The molecule has 7 heteroatoms. The molecule has 0 N–H and O–H groups in total. The summed E-state index contributed by atoms with van der Waals surface area (Å²) in [6, 6.07) is 3.79. The average Bonchev–Trinajstić information content (AvgIpc) is 2.74. The number of carbonyl (C=O) groups excluding carboxylic acids is 1. The third-order valence-electron chi connectivity index (χ3n) is 4.55. The van der Waals surface area contributed by atoms with E-state index in [9.17, 15) is 9.59 Å². The van der Waals surface area contributed by atoms with Crippen molar-refractivity contribution in [2.45, 2.75) is 38.8 Å². The molecule has 1 atom stereocenters. The number of rotatable bonds is 4. The van der Waals surface area contributed by atoms with Gasteiger partial charge >= 0.3 is 5.69 Å². The maximum Gasteiger partial charge on any atom is 0.346 e. The van der Waals surface area contributed by atoms with Crippen LogP contribution in [0.25, 0.3) is 0 Å². The van der Waals surface area contributed by atoms with E-state index in [0.717, 1.165) is 30.7 Å². The number of amides is 1. The van der Waals surface area contributed by atoms with Gasteiger partial charge in [0.2, 0.25) is 5.91 Å². The summed E-state index contributed by atoms with van der Waals surface area (Å²) in [6.07, 6.45) is 6.47. The molecule has 24 heavy (non-hydrogen) atoms. The van der Waals surface area contributed by atoms with Gasteiger partial charge in [-0.3, -0.25) is 14.3 Å². The van der Waals surface area contributed by atoms with Crippen LogP contribution in [-0.4, -0.2) is 44.2 Å². The number of carbonyl (C=O) groups is 1. The first kappa shape index (κ1) is 16.4. The molecule has 0 spiro atoms. The summed E-state index contributed by atoms with van der Waals surface area (Å²) in [5.74, 6) is 1.28. The first-order chi connectivity index (χ1) is 11.5. The van der Waals surface area contributed by atoms with Crippen molar-refractivity contribution in [1.82, 2.24) is 24.2 Å². The number of hydrogen-bond acceptors (Lipinski definition) is 4. The van der Waals surface area contributed by atoms with E-state index in [4.69, 9.17) is 0 Å². The number of hydrogen-bond donors (Lipinski definition) is 0. The molecule has 1 aliphatic heterocycles. The van der Waals surface area contributed by atoms with Gasteiger partial charge in [0.15, 0.2) is 0 Å². The highest BCUT2D eigenvalue weighted by Gasteiger charge is 2.23. The summed E-state index contributed by atoms with van der Waals surface area (Å²) in [6.45, 7) is 1.07. The quantitative estimate of drug-likeness (QED) is 0.836. The Morgan fingerprint density at radius 1 is 1.38 bits per heavy atom. The topological polar surface area (TPSA) is 73.0 Å². The fourth-order valence-electron chi connectivity index (χ4n) is 3.09. The molecule has 0 saturated carbocycles. The van der Waals surface area contributed by atoms with Crippen molar-refractivity contribution < 1.29 is 4.79 Å². The van der Waals surface area contributed by atoms with Crippen molar-refractivity contribution in [1.29, 1.82) is 0 Å². The van der Waals surface area contributed by atoms with E-state index in [1.807, 2.05) is 12.1 Å². The van der Waals surface area contributed by atoms with E-state index in [-0.39, 0.29) is 11.6 Å². The van der Waals surface area contributed by atoms with E-state index in [1.165, 1.54) is 4.68 Å². The minimum Gasteiger partial charge on any atom is -0.349 e.